The lowest BCUT2D eigenvalue weighted by Crippen LogP contribution is -1.86. The van der Waals surface area contributed by atoms with E-state index < -0.39 is 0 Å². The van der Waals surface area contributed by atoms with Gasteiger partial charge in [-0.05, 0) is 12.5 Å². The molecule has 0 atom stereocenters. The molecule has 0 aliphatic heterocycles. The zero-order chi connectivity index (χ0) is 10.8. The molecule has 2 rings (SSSR count). The maximum atomic E-state index is 9.13. The van der Waals surface area contributed by atoms with E-state index in [1.165, 1.54) is 16.9 Å². The van der Waals surface area contributed by atoms with Crippen LogP contribution in [-0.2, 0) is 6.61 Å². The van der Waals surface area contributed by atoms with Gasteiger partial charge in [0.15, 0.2) is 4.47 Å². The molecular formula is C11H10ClNOS. The highest BCUT2D eigenvalue weighted by atomic mass is 35.5. The lowest BCUT2D eigenvalue weighted by molar-refractivity contribution is 0.278. The van der Waals surface area contributed by atoms with E-state index in [-0.39, 0.29) is 6.61 Å². The van der Waals surface area contributed by atoms with E-state index in [2.05, 4.69) is 4.98 Å². The van der Waals surface area contributed by atoms with Crippen molar-refractivity contribution in [3.05, 3.63) is 40.0 Å². The maximum absolute atomic E-state index is 9.13. The van der Waals surface area contributed by atoms with E-state index >= 15 is 0 Å². The SMILES string of the molecule is Cc1ccc(-c2sc(Cl)nc2CO)cc1. The molecule has 1 heterocycles. The third kappa shape index (κ3) is 2.20. The van der Waals surface area contributed by atoms with Gasteiger partial charge < -0.3 is 5.11 Å². The van der Waals surface area contributed by atoms with E-state index in [1.54, 1.807) is 0 Å². The van der Waals surface area contributed by atoms with Crippen LogP contribution in [-0.4, -0.2) is 10.1 Å². The first-order valence-corrected chi connectivity index (χ1v) is 5.73. The number of nitrogens with zero attached hydrogens (tertiary/aromatic N) is 1. The zero-order valence-corrected chi connectivity index (χ0v) is 9.77. The maximum Gasteiger partial charge on any atom is 0.184 e. The van der Waals surface area contributed by atoms with Gasteiger partial charge in [-0.2, -0.15) is 0 Å². The van der Waals surface area contributed by atoms with Crippen molar-refractivity contribution in [3.63, 3.8) is 0 Å². The van der Waals surface area contributed by atoms with Gasteiger partial charge in [0.2, 0.25) is 0 Å². The fraction of sp³-hybridized carbons (Fsp3) is 0.182. The van der Waals surface area contributed by atoms with Crippen LogP contribution in [0.25, 0.3) is 10.4 Å². The van der Waals surface area contributed by atoms with E-state index in [4.69, 9.17) is 16.7 Å². The minimum absolute atomic E-state index is 0.0770. The second-order valence-corrected chi connectivity index (χ2v) is 4.85. The van der Waals surface area contributed by atoms with Crippen molar-refractivity contribution in [1.82, 2.24) is 4.98 Å². The Kier molecular flexibility index (Phi) is 3.05. The minimum Gasteiger partial charge on any atom is -0.390 e. The van der Waals surface area contributed by atoms with Gasteiger partial charge in [0.25, 0.3) is 0 Å². The van der Waals surface area contributed by atoms with Crippen molar-refractivity contribution < 1.29 is 5.11 Å². The van der Waals surface area contributed by atoms with Gasteiger partial charge in [0.1, 0.15) is 0 Å². The summed E-state index contributed by atoms with van der Waals surface area (Å²) in [5.74, 6) is 0. The summed E-state index contributed by atoms with van der Waals surface area (Å²) in [6.07, 6.45) is 0. The fourth-order valence-electron chi connectivity index (χ4n) is 1.36. The molecule has 1 aromatic carbocycles. The summed E-state index contributed by atoms with van der Waals surface area (Å²) < 4.78 is 0.467. The van der Waals surface area contributed by atoms with Crippen LogP contribution < -0.4 is 0 Å². The summed E-state index contributed by atoms with van der Waals surface area (Å²) in [6.45, 7) is 1.96. The summed E-state index contributed by atoms with van der Waals surface area (Å²) in [7, 11) is 0. The predicted octanol–water partition coefficient (Wildman–Crippen LogP) is 3.26. The van der Waals surface area contributed by atoms with Crippen molar-refractivity contribution >= 4 is 22.9 Å². The Bertz CT molecular complexity index is 464. The number of thiazole rings is 1. The lowest BCUT2D eigenvalue weighted by Gasteiger charge is -2.00. The molecule has 4 heteroatoms. The molecule has 2 nitrogen and oxygen atoms in total. The first-order chi connectivity index (χ1) is 7.20. The number of aliphatic hydroxyl groups excluding tert-OH is 1. The van der Waals surface area contributed by atoms with E-state index in [0.717, 1.165) is 10.4 Å². The Morgan fingerprint density at radius 2 is 2.00 bits per heavy atom. The Morgan fingerprint density at radius 1 is 1.33 bits per heavy atom. The molecule has 1 aromatic heterocycles. The van der Waals surface area contributed by atoms with Crippen molar-refractivity contribution in [2.24, 2.45) is 0 Å². The second-order valence-electron chi connectivity index (χ2n) is 3.27. The summed E-state index contributed by atoms with van der Waals surface area (Å²) in [6, 6.07) is 8.09. The monoisotopic (exact) mass is 239 g/mol. The number of hydrogen-bond donors (Lipinski definition) is 1. The molecule has 0 aliphatic carbocycles. The standard InChI is InChI=1S/C11H10ClNOS/c1-7-2-4-8(5-3-7)10-9(6-14)13-11(12)15-10/h2-5,14H,6H2,1H3. The number of aryl methyl sites for hydroxylation is 1. The summed E-state index contributed by atoms with van der Waals surface area (Å²) >= 11 is 7.21. The van der Waals surface area contributed by atoms with Crippen LogP contribution in [0.15, 0.2) is 24.3 Å². The highest BCUT2D eigenvalue weighted by Crippen LogP contribution is 2.32. The average molecular weight is 240 g/mol. The molecule has 2 aromatic rings. The smallest absolute Gasteiger partial charge is 0.184 e. The normalized spacial score (nSPS) is 10.6. The van der Waals surface area contributed by atoms with Crippen LogP contribution in [0, 0.1) is 6.92 Å². The molecule has 0 bridgehead atoms. The van der Waals surface area contributed by atoms with E-state index in [9.17, 15) is 0 Å². The highest BCUT2D eigenvalue weighted by Gasteiger charge is 2.10. The van der Waals surface area contributed by atoms with Gasteiger partial charge in [-0.25, -0.2) is 4.98 Å². The lowest BCUT2D eigenvalue weighted by atomic mass is 10.1. The van der Waals surface area contributed by atoms with Crippen molar-refractivity contribution in [3.8, 4) is 10.4 Å². The van der Waals surface area contributed by atoms with Gasteiger partial charge in [0, 0.05) is 0 Å². The molecule has 1 N–H and O–H groups in total. The van der Waals surface area contributed by atoms with Crippen LogP contribution in [0.1, 0.15) is 11.3 Å². The first-order valence-electron chi connectivity index (χ1n) is 4.54. The van der Waals surface area contributed by atoms with Gasteiger partial charge in [0.05, 0.1) is 17.2 Å². The summed E-state index contributed by atoms with van der Waals surface area (Å²) in [5.41, 5.74) is 2.91. The fourth-order valence-corrected chi connectivity index (χ4v) is 2.50. The third-order valence-electron chi connectivity index (χ3n) is 2.13. The Balaban J connectivity index is 2.48. The minimum atomic E-state index is -0.0770. The molecule has 0 aliphatic rings. The van der Waals surface area contributed by atoms with E-state index in [1.807, 2.05) is 31.2 Å². The Morgan fingerprint density at radius 3 is 2.60 bits per heavy atom. The van der Waals surface area contributed by atoms with Crippen LogP contribution in [0.5, 0.6) is 0 Å². The van der Waals surface area contributed by atoms with E-state index in [0.29, 0.717) is 10.2 Å². The van der Waals surface area contributed by atoms with Crippen LogP contribution in [0.4, 0.5) is 0 Å². The molecule has 15 heavy (non-hydrogen) atoms. The quantitative estimate of drug-likeness (QED) is 0.873. The van der Waals surface area contributed by atoms with Crippen molar-refractivity contribution in [1.29, 1.82) is 0 Å². The number of benzene rings is 1. The molecular weight excluding hydrogens is 230 g/mol. The second kappa shape index (κ2) is 4.31. The molecule has 0 fully saturated rings. The molecule has 0 saturated heterocycles. The first kappa shape index (κ1) is 10.6. The largest absolute Gasteiger partial charge is 0.390 e. The van der Waals surface area contributed by atoms with Gasteiger partial charge >= 0.3 is 0 Å². The number of hydrogen-bond acceptors (Lipinski definition) is 3. The van der Waals surface area contributed by atoms with Gasteiger partial charge in [-0.3, -0.25) is 0 Å². The number of rotatable bonds is 2. The van der Waals surface area contributed by atoms with Gasteiger partial charge in [-0.15, -0.1) is 11.3 Å². The molecule has 78 valence electrons. The Hall–Kier alpha value is -0.900. The van der Waals surface area contributed by atoms with Gasteiger partial charge in [-0.1, -0.05) is 41.4 Å². The zero-order valence-electron chi connectivity index (χ0n) is 8.20. The molecule has 0 radical (unpaired) electrons. The van der Waals surface area contributed by atoms with Crippen molar-refractivity contribution in [2.75, 3.05) is 0 Å². The van der Waals surface area contributed by atoms with Crippen LogP contribution in [0.2, 0.25) is 4.47 Å². The predicted molar refractivity (Wildman–Crippen MR) is 63.2 cm³/mol. The van der Waals surface area contributed by atoms with Crippen molar-refractivity contribution in [2.45, 2.75) is 13.5 Å². The topological polar surface area (TPSA) is 33.1 Å². The number of aliphatic hydroxyl groups is 1. The van der Waals surface area contributed by atoms with Crippen LogP contribution in [0.3, 0.4) is 0 Å². The summed E-state index contributed by atoms with van der Waals surface area (Å²) in [4.78, 5) is 5.01. The number of halogens is 1. The summed E-state index contributed by atoms with van der Waals surface area (Å²) in [5, 5.41) is 9.13. The molecule has 0 spiro atoms. The number of aromatic nitrogens is 1. The highest BCUT2D eigenvalue weighted by molar-refractivity contribution is 7.19. The molecule has 0 unspecified atom stereocenters. The Labute approximate surface area is 97.2 Å². The average Bonchev–Trinajstić information content (AvgIpc) is 2.61. The molecule has 0 saturated carbocycles. The third-order valence-corrected chi connectivity index (χ3v) is 3.39. The van der Waals surface area contributed by atoms with Crippen LogP contribution >= 0.6 is 22.9 Å². The molecule has 0 amide bonds.